The van der Waals surface area contributed by atoms with Crippen molar-refractivity contribution in [3.05, 3.63) is 62.6 Å². The van der Waals surface area contributed by atoms with Gasteiger partial charge in [-0.15, -0.1) is 0 Å². The molecule has 0 radical (unpaired) electrons. The lowest BCUT2D eigenvalue weighted by molar-refractivity contribution is -0.150. The summed E-state index contributed by atoms with van der Waals surface area (Å²) < 4.78 is 13.1. The van der Waals surface area contributed by atoms with E-state index in [0.29, 0.717) is 34.5 Å². The number of benzene rings is 2. The number of nitrogens with zero attached hydrogens (tertiary/aromatic N) is 4. The Balaban J connectivity index is 2.06. The first kappa shape index (κ1) is 24.4. The molecule has 174 valence electrons. The minimum atomic E-state index is -0.803. The van der Waals surface area contributed by atoms with E-state index in [0.717, 1.165) is 10.2 Å². The predicted octanol–water partition coefficient (Wildman–Crippen LogP) is 4.00. The van der Waals surface area contributed by atoms with Crippen LogP contribution in [0.5, 0.6) is 5.75 Å². The van der Waals surface area contributed by atoms with Gasteiger partial charge in [0.05, 0.1) is 23.7 Å². The molecule has 9 heteroatoms. The lowest BCUT2D eigenvalue weighted by Crippen LogP contribution is -2.26. The smallest absolute Gasteiger partial charge is 0.347 e. The minimum absolute atomic E-state index is 0.262. The molecule has 0 saturated carbocycles. The van der Waals surface area contributed by atoms with Crippen molar-refractivity contribution < 1.29 is 14.3 Å². The first-order valence-corrected chi connectivity index (χ1v) is 11.4. The molecule has 0 aliphatic heterocycles. The third kappa shape index (κ3) is 5.60. The molecule has 0 spiro atoms. The number of halogens is 1. The fourth-order valence-corrected chi connectivity index (χ4v) is 3.53. The molecule has 3 rings (SSSR count). The number of ether oxygens (including phenoxy) is 2. The number of fused-ring (bicyclic) bond motifs is 1. The number of aromatic nitrogens is 2. The van der Waals surface area contributed by atoms with Gasteiger partial charge in [-0.1, -0.05) is 22.9 Å². The minimum Gasteiger partial charge on any atom is -0.478 e. The highest BCUT2D eigenvalue weighted by Crippen LogP contribution is 2.25. The molecule has 0 saturated heterocycles. The second kappa shape index (κ2) is 10.6. The van der Waals surface area contributed by atoms with Gasteiger partial charge in [0.1, 0.15) is 11.6 Å². The molecule has 0 N–H and O–H groups in total. The van der Waals surface area contributed by atoms with Gasteiger partial charge in [0.15, 0.2) is 6.10 Å². The van der Waals surface area contributed by atoms with Gasteiger partial charge in [0.25, 0.3) is 5.56 Å². The molecule has 0 bridgehead atoms. The van der Waals surface area contributed by atoms with Crippen molar-refractivity contribution in [1.29, 1.82) is 0 Å². The summed E-state index contributed by atoms with van der Waals surface area (Å²) in [6, 6.07) is 10.9. The zero-order valence-corrected chi connectivity index (χ0v) is 20.9. The number of rotatable bonds is 8. The molecule has 0 aliphatic rings. The summed E-state index contributed by atoms with van der Waals surface area (Å²) in [6.07, 6.45) is 1.27. The van der Waals surface area contributed by atoms with E-state index in [9.17, 15) is 9.59 Å². The standard InChI is InChI=1S/C24H27BrN4O4/c1-6-22-27-20-11-9-17(25)12-19(20)23(30)29(22)26-14-16-8-10-18(28(4)5)13-21(16)33-15(3)24(31)32-7-2/h8-15H,6-7H2,1-5H3/t15-/m0/s1. The largest absolute Gasteiger partial charge is 0.478 e. The summed E-state index contributed by atoms with van der Waals surface area (Å²) in [7, 11) is 3.82. The molecule has 0 unspecified atom stereocenters. The number of hydrogen-bond donors (Lipinski definition) is 0. The number of esters is 1. The van der Waals surface area contributed by atoms with Crippen LogP contribution in [0.3, 0.4) is 0 Å². The Labute approximate surface area is 201 Å². The summed E-state index contributed by atoms with van der Waals surface area (Å²) >= 11 is 3.40. The molecule has 3 aromatic rings. The molecule has 1 aromatic heterocycles. The maximum absolute atomic E-state index is 13.1. The van der Waals surface area contributed by atoms with Crippen LogP contribution in [0.25, 0.3) is 10.9 Å². The molecule has 1 heterocycles. The maximum Gasteiger partial charge on any atom is 0.347 e. The van der Waals surface area contributed by atoms with E-state index in [1.54, 1.807) is 32.2 Å². The van der Waals surface area contributed by atoms with Gasteiger partial charge in [-0.2, -0.15) is 9.78 Å². The number of hydrogen-bond acceptors (Lipinski definition) is 7. The van der Waals surface area contributed by atoms with Crippen molar-refractivity contribution in [2.45, 2.75) is 33.3 Å². The topological polar surface area (TPSA) is 86.0 Å². The summed E-state index contributed by atoms with van der Waals surface area (Å²) in [6.45, 7) is 5.56. The molecule has 0 fully saturated rings. The monoisotopic (exact) mass is 514 g/mol. The fraction of sp³-hybridized carbons (Fsp3) is 0.333. The molecule has 1 atom stereocenters. The quantitative estimate of drug-likeness (QED) is 0.333. The molecule has 0 amide bonds. The predicted molar refractivity (Wildman–Crippen MR) is 134 cm³/mol. The third-order valence-corrected chi connectivity index (χ3v) is 5.43. The second-order valence-corrected chi connectivity index (χ2v) is 8.45. The Bertz CT molecular complexity index is 1250. The van der Waals surface area contributed by atoms with Crippen molar-refractivity contribution in [1.82, 2.24) is 9.66 Å². The van der Waals surface area contributed by atoms with Crippen LogP contribution >= 0.6 is 15.9 Å². The van der Waals surface area contributed by atoms with E-state index >= 15 is 0 Å². The highest BCUT2D eigenvalue weighted by molar-refractivity contribution is 9.10. The molecule has 2 aromatic carbocycles. The average Bonchev–Trinajstić information content (AvgIpc) is 2.79. The van der Waals surface area contributed by atoms with Crippen LogP contribution in [0.2, 0.25) is 0 Å². The van der Waals surface area contributed by atoms with E-state index in [2.05, 4.69) is 26.0 Å². The van der Waals surface area contributed by atoms with E-state index in [-0.39, 0.29) is 12.2 Å². The van der Waals surface area contributed by atoms with E-state index in [4.69, 9.17) is 9.47 Å². The van der Waals surface area contributed by atoms with Crippen LogP contribution in [0.15, 0.2) is 50.8 Å². The Morgan fingerprint density at radius 2 is 2.00 bits per heavy atom. The highest BCUT2D eigenvalue weighted by Gasteiger charge is 2.18. The van der Waals surface area contributed by atoms with Gasteiger partial charge in [-0.3, -0.25) is 4.79 Å². The first-order chi connectivity index (χ1) is 15.7. The number of anilines is 1. The Morgan fingerprint density at radius 3 is 2.67 bits per heavy atom. The van der Waals surface area contributed by atoms with Gasteiger partial charge in [0, 0.05) is 42.3 Å². The maximum atomic E-state index is 13.1. The van der Waals surface area contributed by atoms with Crippen LogP contribution in [0, 0.1) is 0 Å². The van der Waals surface area contributed by atoms with Gasteiger partial charge in [-0.25, -0.2) is 9.78 Å². The normalized spacial score (nSPS) is 12.2. The summed E-state index contributed by atoms with van der Waals surface area (Å²) in [4.78, 5) is 31.7. The van der Waals surface area contributed by atoms with Crippen molar-refractivity contribution in [3.63, 3.8) is 0 Å². The SMILES string of the molecule is CCOC(=O)[C@H](C)Oc1cc(N(C)C)ccc1C=Nn1c(CC)nc2ccc(Br)cc2c1=O. The lowest BCUT2D eigenvalue weighted by atomic mass is 10.2. The molecule has 33 heavy (non-hydrogen) atoms. The van der Waals surface area contributed by atoms with Gasteiger partial charge in [0.2, 0.25) is 0 Å². The van der Waals surface area contributed by atoms with Gasteiger partial charge < -0.3 is 14.4 Å². The van der Waals surface area contributed by atoms with Crippen molar-refractivity contribution in [2.24, 2.45) is 5.10 Å². The van der Waals surface area contributed by atoms with Gasteiger partial charge in [-0.05, 0) is 44.2 Å². The number of carbonyl (C=O) groups excluding carboxylic acids is 1. The second-order valence-electron chi connectivity index (χ2n) is 7.53. The van der Waals surface area contributed by atoms with Gasteiger partial charge >= 0.3 is 5.97 Å². The number of aryl methyl sites for hydroxylation is 1. The van der Waals surface area contributed by atoms with Crippen LogP contribution in [0.1, 0.15) is 32.2 Å². The van der Waals surface area contributed by atoms with E-state index in [1.807, 2.05) is 50.2 Å². The van der Waals surface area contributed by atoms with Crippen LogP contribution in [0.4, 0.5) is 5.69 Å². The summed E-state index contributed by atoms with van der Waals surface area (Å²) in [5.74, 6) is 0.538. The molecule has 8 nitrogen and oxygen atoms in total. The van der Waals surface area contributed by atoms with Crippen LogP contribution in [-0.4, -0.2) is 48.7 Å². The summed E-state index contributed by atoms with van der Waals surface area (Å²) in [5, 5.41) is 4.91. The van der Waals surface area contributed by atoms with Crippen molar-refractivity contribution in [3.8, 4) is 5.75 Å². The third-order valence-electron chi connectivity index (χ3n) is 4.94. The number of carbonyl (C=O) groups is 1. The van der Waals surface area contributed by atoms with Crippen molar-refractivity contribution in [2.75, 3.05) is 25.6 Å². The highest BCUT2D eigenvalue weighted by atomic mass is 79.9. The van der Waals surface area contributed by atoms with Crippen LogP contribution < -0.4 is 15.2 Å². The molecule has 0 aliphatic carbocycles. The zero-order chi connectivity index (χ0) is 24.1. The van der Waals surface area contributed by atoms with E-state index < -0.39 is 12.1 Å². The summed E-state index contributed by atoms with van der Waals surface area (Å²) in [5.41, 5.74) is 1.86. The molecular formula is C24H27BrN4O4. The lowest BCUT2D eigenvalue weighted by Gasteiger charge is -2.18. The Morgan fingerprint density at radius 1 is 1.24 bits per heavy atom. The zero-order valence-electron chi connectivity index (χ0n) is 19.3. The Hall–Kier alpha value is -3.20. The Kier molecular flexibility index (Phi) is 7.86. The van der Waals surface area contributed by atoms with Crippen molar-refractivity contribution >= 4 is 44.7 Å². The molecular weight excluding hydrogens is 488 g/mol. The first-order valence-electron chi connectivity index (χ1n) is 10.6. The average molecular weight is 515 g/mol. The van der Waals surface area contributed by atoms with E-state index in [1.165, 1.54) is 4.68 Å². The fourth-order valence-electron chi connectivity index (χ4n) is 3.17. The van der Waals surface area contributed by atoms with Crippen LogP contribution in [-0.2, 0) is 16.0 Å².